The van der Waals surface area contributed by atoms with Gasteiger partial charge in [-0.2, -0.15) is 0 Å². The van der Waals surface area contributed by atoms with Crippen LogP contribution in [0, 0.1) is 13.8 Å². The lowest BCUT2D eigenvalue weighted by molar-refractivity contribution is -0.112. The molecular weight excluding hydrogens is 238 g/mol. The lowest BCUT2D eigenvalue weighted by atomic mass is 10.1. The molecule has 0 radical (unpaired) electrons. The number of benzene rings is 2. The van der Waals surface area contributed by atoms with Crippen LogP contribution in [0.4, 0.5) is 5.69 Å². The van der Waals surface area contributed by atoms with E-state index in [0.717, 1.165) is 11.1 Å². The van der Waals surface area contributed by atoms with Gasteiger partial charge in [0.1, 0.15) is 0 Å². The Labute approximate surface area is 112 Å². The molecular formula is C16H15NO2. The van der Waals surface area contributed by atoms with Crippen LogP contribution in [0.15, 0.2) is 48.5 Å². The highest BCUT2D eigenvalue weighted by atomic mass is 16.2. The molecule has 1 N–H and O–H groups in total. The van der Waals surface area contributed by atoms with Crippen LogP contribution in [0.25, 0.3) is 0 Å². The maximum absolute atomic E-state index is 11.9. The second-order valence-corrected chi connectivity index (χ2v) is 4.45. The molecule has 0 heterocycles. The first-order valence-corrected chi connectivity index (χ1v) is 6.06. The third-order valence-electron chi connectivity index (χ3n) is 3.01. The summed E-state index contributed by atoms with van der Waals surface area (Å²) in [7, 11) is 0. The van der Waals surface area contributed by atoms with E-state index < -0.39 is 11.7 Å². The van der Waals surface area contributed by atoms with Crippen molar-refractivity contribution in [1.29, 1.82) is 0 Å². The SMILES string of the molecule is Cc1ccc(NC(=O)C(=O)c2ccccc2)cc1C. The first-order chi connectivity index (χ1) is 9.08. The van der Waals surface area contributed by atoms with Crippen molar-refractivity contribution in [3.63, 3.8) is 0 Å². The number of Topliss-reactive ketones (excluding diaryl/α,β-unsaturated/α-hetero) is 1. The van der Waals surface area contributed by atoms with Gasteiger partial charge in [-0.1, -0.05) is 36.4 Å². The molecule has 2 rings (SSSR count). The highest BCUT2D eigenvalue weighted by molar-refractivity contribution is 6.46. The molecule has 2 aromatic rings. The Bertz CT molecular complexity index is 618. The Balaban J connectivity index is 2.13. The van der Waals surface area contributed by atoms with Crippen LogP contribution in [0.3, 0.4) is 0 Å². The third kappa shape index (κ3) is 3.07. The van der Waals surface area contributed by atoms with Gasteiger partial charge in [0.05, 0.1) is 0 Å². The van der Waals surface area contributed by atoms with Gasteiger partial charge in [0.2, 0.25) is 0 Å². The summed E-state index contributed by atoms with van der Waals surface area (Å²) in [5.41, 5.74) is 3.25. The predicted molar refractivity (Wildman–Crippen MR) is 75.3 cm³/mol. The summed E-state index contributed by atoms with van der Waals surface area (Å²) >= 11 is 0. The molecule has 0 fully saturated rings. The van der Waals surface area contributed by atoms with E-state index in [4.69, 9.17) is 0 Å². The molecule has 0 unspecified atom stereocenters. The van der Waals surface area contributed by atoms with Crippen LogP contribution in [0.2, 0.25) is 0 Å². The molecule has 3 nitrogen and oxygen atoms in total. The Hall–Kier alpha value is -2.42. The van der Waals surface area contributed by atoms with Crippen molar-refractivity contribution in [3.05, 3.63) is 65.2 Å². The second-order valence-electron chi connectivity index (χ2n) is 4.45. The van der Waals surface area contributed by atoms with Crippen LogP contribution >= 0.6 is 0 Å². The number of hydrogen-bond acceptors (Lipinski definition) is 2. The number of nitrogens with one attached hydrogen (secondary N) is 1. The number of ketones is 1. The average molecular weight is 253 g/mol. The molecule has 0 aliphatic rings. The van der Waals surface area contributed by atoms with Gasteiger partial charge in [-0.25, -0.2) is 0 Å². The van der Waals surface area contributed by atoms with E-state index in [0.29, 0.717) is 11.3 Å². The molecule has 0 saturated heterocycles. The monoisotopic (exact) mass is 253 g/mol. The minimum absolute atomic E-state index is 0.392. The maximum Gasteiger partial charge on any atom is 0.296 e. The molecule has 0 aromatic heterocycles. The van der Waals surface area contributed by atoms with Gasteiger partial charge in [-0.05, 0) is 37.1 Å². The van der Waals surface area contributed by atoms with Crippen molar-refractivity contribution >= 4 is 17.4 Å². The summed E-state index contributed by atoms with van der Waals surface area (Å²) < 4.78 is 0. The summed E-state index contributed by atoms with van der Waals surface area (Å²) in [6.45, 7) is 3.96. The van der Waals surface area contributed by atoms with E-state index in [1.807, 2.05) is 26.0 Å². The zero-order valence-electron chi connectivity index (χ0n) is 10.9. The molecule has 0 saturated carbocycles. The lowest BCUT2D eigenvalue weighted by Crippen LogP contribution is -2.22. The number of hydrogen-bond donors (Lipinski definition) is 1. The molecule has 0 aliphatic heterocycles. The minimum atomic E-state index is -0.616. The summed E-state index contributed by atoms with van der Waals surface area (Å²) in [6, 6.07) is 14.1. The van der Waals surface area contributed by atoms with Crippen molar-refractivity contribution in [2.45, 2.75) is 13.8 Å². The fraction of sp³-hybridized carbons (Fsp3) is 0.125. The number of amides is 1. The Kier molecular flexibility index (Phi) is 3.76. The van der Waals surface area contributed by atoms with E-state index in [2.05, 4.69) is 5.32 Å². The van der Waals surface area contributed by atoms with E-state index in [1.165, 1.54) is 0 Å². The molecule has 0 atom stereocenters. The van der Waals surface area contributed by atoms with E-state index in [1.54, 1.807) is 36.4 Å². The van der Waals surface area contributed by atoms with E-state index in [9.17, 15) is 9.59 Å². The Morgan fingerprint density at radius 1 is 0.895 bits per heavy atom. The van der Waals surface area contributed by atoms with Crippen LogP contribution in [-0.2, 0) is 4.79 Å². The largest absolute Gasteiger partial charge is 0.319 e. The minimum Gasteiger partial charge on any atom is -0.319 e. The first-order valence-electron chi connectivity index (χ1n) is 6.06. The number of anilines is 1. The van der Waals surface area contributed by atoms with Crippen LogP contribution < -0.4 is 5.32 Å². The van der Waals surface area contributed by atoms with Crippen molar-refractivity contribution in [2.75, 3.05) is 5.32 Å². The average Bonchev–Trinajstić information content (AvgIpc) is 2.43. The van der Waals surface area contributed by atoms with E-state index >= 15 is 0 Å². The summed E-state index contributed by atoms with van der Waals surface area (Å²) in [5.74, 6) is -1.15. The van der Waals surface area contributed by atoms with Crippen LogP contribution in [-0.4, -0.2) is 11.7 Å². The van der Waals surface area contributed by atoms with Gasteiger partial charge in [0.15, 0.2) is 0 Å². The van der Waals surface area contributed by atoms with Crippen molar-refractivity contribution in [3.8, 4) is 0 Å². The number of rotatable bonds is 3. The van der Waals surface area contributed by atoms with Crippen LogP contribution in [0.5, 0.6) is 0 Å². The Morgan fingerprint density at radius 3 is 2.21 bits per heavy atom. The van der Waals surface area contributed by atoms with Gasteiger partial charge in [-0.3, -0.25) is 9.59 Å². The van der Waals surface area contributed by atoms with Gasteiger partial charge in [0.25, 0.3) is 11.7 Å². The van der Waals surface area contributed by atoms with Crippen molar-refractivity contribution in [1.82, 2.24) is 0 Å². The number of carbonyl (C=O) groups excluding carboxylic acids is 2. The quantitative estimate of drug-likeness (QED) is 0.674. The lowest BCUT2D eigenvalue weighted by Gasteiger charge is -2.07. The molecule has 96 valence electrons. The molecule has 1 amide bonds. The second kappa shape index (κ2) is 5.48. The zero-order valence-corrected chi connectivity index (χ0v) is 10.9. The molecule has 3 heteroatoms. The normalized spacial score (nSPS) is 10.0. The fourth-order valence-corrected chi connectivity index (χ4v) is 1.73. The highest BCUT2D eigenvalue weighted by Crippen LogP contribution is 2.14. The summed E-state index contributed by atoms with van der Waals surface area (Å²) in [4.78, 5) is 23.7. The van der Waals surface area contributed by atoms with Gasteiger partial charge >= 0.3 is 0 Å². The van der Waals surface area contributed by atoms with Gasteiger partial charge < -0.3 is 5.32 Å². The summed E-state index contributed by atoms with van der Waals surface area (Å²) in [6.07, 6.45) is 0. The molecule has 2 aromatic carbocycles. The topological polar surface area (TPSA) is 46.2 Å². The van der Waals surface area contributed by atoms with E-state index in [-0.39, 0.29) is 0 Å². The Morgan fingerprint density at radius 2 is 1.58 bits per heavy atom. The smallest absolute Gasteiger partial charge is 0.296 e. The third-order valence-corrected chi connectivity index (χ3v) is 3.01. The highest BCUT2D eigenvalue weighted by Gasteiger charge is 2.15. The number of aryl methyl sites for hydroxylation is 2. The van der Waals surface area contributed by atoms with Crippen LogP contribution in [0.1, 0.15) is 21.5 Å². The summed E-state index contributed by atoms with van der Waals surface area (Å²) in [5, 5.41) is 2.62. The number of carbonyl (C=O) groups is 2. The molecule has 0 bridgehead atoms. The fourth-order valence-electron chi connectivity index (χ4n) is 1.73. The maximum atomic E-state index is 11.9. The molecule has 19 heavy (non-hydrogen) atoms. The molecule has 0 spiro atoms. The van der Waals surface area contributed by atoms with Gasteiger partial charge in [-0.15, -0.1) is 0 Å². The first kappa shape index (κ1) is 13.0. The standard InChI is InChI=1S/C16H15NO2/c1-11-8-9-14(10-12(11)2)17-16(19)15(18)13-6-4-3-5-7-13/h3-10H,1-2H3,(H,17,19). The van der Waals surface area contributed by atoms with Crippen molar-refractivity contribution < 1.29 is 9.59 Å². The zero-order chi connectivity index (χ0) is 13.8. The van der Waals surface area contributed by atoms with Gasteiger partial charge in [0, 0.05) is 11.3 Å². The predicted octanol–water partition coefficient (Wildman–Crippen LogP) is 3.12. The molecule has 0 aliphatic carbocycles. The van der Waals surface area contributed by atoms with Crippen molar-refractivity contribution in [2.24, 2.45) is 0 Å².